The van der Waals surface area contributed by atoms with Gasteiger partial charge in [-0.25, -0.2) is 0 Å². The van der Waals surface area contributed by atoms with E-state index in [0.717, 1.165) is 12.1 Å². The van der Waals surface area contributed by atoms with Crippen LogP contribution in [0.15, 0.2) is 51.7 Å². The normalized spacial score (nSPS) is 10.9. The first-order chi connectivity index (χ1) is 9.16. The van der Waals surface area contributed by atoms with Crippen molar-refractivity contribution < 1.29 is 4.42 Å². The van der Waals surface area contributed by atoms with Gasteiger partial charge < -0.3 is 9.32 Å². The second-order valence-corrected chi connectivity index (χ2v) is 4.96. The quantitative estimate of drug-likeness (QED) is 0.678. The summed E-state index contributed by atoms with van der Waals surface area (Å²) in [5, 5.41) is 1.29. The molecule has 0 saturated carbocycles. The minimum atomic E-state index is 0. The molecule has 0 unspecified atom stereocenters. The minimum Gasteiger partial charge on any atom is -0.455 e. The molecule has 1 aromatic heterocycles. The van der Waals surface area contributed by atoms with Gasteiger partial charge in [-0.1, -0.05) is 24.3 Å². The van der Waals surface area contributed by atoms with Crippen LogP contribution in [-0.4, -0.2) is 19.0 Å². The Bertz CT molecular complexity index is 808. The van der Waals surface area contributed by atoms with Crippen LogP contribution in [-0.2, 0) is 6.54 Å². The van der Waals surface area contributed by atoms with E-state index < -0.39 is 0 Å². The molecule has 0 spiro atoms. The molecule has 3 nitrogen and oxygen atoms in total. The average Bonchev–Trinajstić information content (AvgIpc) is 2.40. The highest BCUT2D eigenvalue weighted by Gasteiger charge is 2.10. The van der Waals surface area contributed by atoms with Crippen LogP contribution in [0.2, 0.25) is 0 Å². The van der Waals surface area contributed by atoms with Crippen LogP contribution in [0.1, 0.15) is 5.56 Å². The Morgan fingerprint density at radius 2 is 1.70 bits per heavy atom. The number of para-hydroxylation sites is 2. The van der Waals surface area contributed by atoms with Crippen LogP contribution in [0, 0.1) is 0 Å². The molecule has 0 fully saturated rings. The van der Waals surface area contributed by atoms with Crippen molar-refractivity contribution in [3.63, 3.8) is 0 Å². The summed E-state index contributed by atoms with van der Waals surface area (Å²) >= 11 is 0. The molecule has 0 amide bonds. The first kappa shape index (κ1) is 14.6. The summed E-state index contributed by atoms with van der Waals surface area (Å²) in [4.78, 5) is 14.5. The summed E-state index contributed by atoms with van der Waals surface area (Å²) in [6, 6.07) is 13.1. The molecule has 3 rings (SSSR count). The Morgan fingerprint density at radius 1 is 1.00 bits per heavy atom. The smallest absolute Gasteiger partial charge is 0.200 e. The van der Waals surface area contributed by atoms with Gasteiger partial charge in [0, 0.05) is 12.1 Å². The third-order valence-corrected chi connectivity index (χ3v) is 3.17. The number of fused-ring (bicyclic) bond motifs is 2. The maximum atomic E-state index is 12.5. The lowest BCUT2D eigenvalue weighted by atomic mass is 10.1. The van der Waals surface area contributed by atoms with Crippen molar-refractivity contribution in [2.45, 2.75) is 6.54 Å². The summed E-state index contributed by atoms with van der Waals surface area (Å²) in [6.45, 7) is 0.749. The summed E-state index contributed by atoms with van der Waals surface area (Å²) in [5.41, 5.74) is 2.41. The first-order valence-corrected chi connectivity index (χ1v) is 6.25. The molecule has 0 bridgehead atoms. The molecule has 0 aliphatic rings. The van der Waals surface area contributed by atoms with Crippen molar-refractivity contribution in [1.29, 1.82) is 0 Å². The molecule has 20 heavy (non-hydrogen) atoms. The molecule has 0 aliphatic heterocycles. The number of halogens is 1. The second-order valence-electron chi connectivity index (χ2n) is 4.96. The van der Waals surface area contributed by atoms with Crippen molar-refractivity contribution >= 4 is 34.3 Å². The standard InChI is InChI=1S/C16H15NO2.ClH/c1-17(2)10-11-6-5-8-13-15(18)12-7-3-4-9-14(12)19-16(11)13;/h3-9H,10H2,1-2H3;1H. The summed E-state index contributed by atoms with van der Waals surface area (Å²) in [6.07, 6.45) is 0. The summed E-state index contributed by atoms with van der Waals surface area (Å²) < 4.78 is 5.93. The minimum absolute atomic E-state index is 0. The summed E-state index contributed by atoms with van der Waals surface area (Å²) in [5.74, 6) is 0. The summed E-state index contributed by atoms with van der Waals surface area (Å²) in [7, 11) is 4.00. The van der Waals surface area contributed by atoms with Crippen molar-refractivity contribution in [3.8, 4) is 0 Å². The Morgan fingerprint density at radius 3 is 2.45 bits per heavy atom. The molecule has 0 atom stereocenters. The van der Waals surface area contributed by atoms with Crippen molar-refractivity contribution in [3.05, 3.63) is 58.3 Å². The zero-order chi connectivity index (χ0) is 13.4. The van der Waals surface area contributed by atoms with Crippen molar-refractivity contribution in [1.82, 2.24) is 4.90 Å². The van der Waals surface area contributed by atoms with Gasteiger partial charge in [0.15, 0.2) is 0 Å². The molecule has 104 valence electrons. The van der Waals surface area contributed by atoms with E-state index in [0.29, 0.717) is 21.9 Å². The van der Waals surface area contributed by atoms with Gasteiger partial charge in [-0.2, -0.15) is 0 Å². The van der Waals surface area contributed by atoms with Crippen molar-refractivity contribution in [2.24, 2.45) is 0 Å². The zero-order valence-corrected chi connectivity index (χ0v) is 12.2. The molecule has 0 radical (unpaired) electrons. The van der Waals surface area contributed by atoms with Crippen LogP contribution in [0.4, 0.5) is 0 Å². The van der Waals surface area contributed by atoms with Gasteiger partial charge in [0.05, 0.1) is 10.8 Å². The maximum absolute atomic E-state index is 12.5. The highest BCUT2D eigenvalue weighted by atomic mass is 35.5. The zero-order valence-electron chi connectivity index (χ0n) is 11.4. The van der Waals surface area contributed by atoms with E-state index in [1.54, 1.807) is 6.07 Å². The number of hydrogen-bond acceptors (Lipinski definition) is 3. The van der Waals surface area contributed by atoms with Crippen LogP contribution >= 0.6 is 12.4 Å². The van der Waals surface area contributed by atoms with Crippen LogP contribution in [0.25, 0.3) is 21.9 Å². The largest absolute Gasteiger partial charge is 0.455 e. The fraction of sp³-hybridized carbons (Fsp3) is 0.188. The molecule has 0 aliphatic carbocycles. The average molecular weight is 290 g/mol. The number of rotatable bonds is 2. The van der Waals surface area contributed by atoms with Gasteiger partial charge in [-0.05, 0) is 32.3 Å². The third kappa shape index (κ3) is 2.42. The topological polar surface area (TPSA) is 33.5 Å². The van der Waals surface area contributed by atoms with Gasteiger partial charge in [0.25, 0.3) is 0 Å². The Hall–Kier alpha value is -1.84. The Balaban J connectivity index is 0.00000147. The molecule has 2 aromatic carbocycles. The lowest BCUT2D eigenvalue weighted by Gasteiger charge is -2.11. The highest BCUT2D eigenvalue weighted by molar-refractivity contribution is 5.90. The predicted molar refractivity (Wildman–Crippen MR) is 84.6 cm³/mol. The molecular formula is C16H16ClNO2. The highest BCUT2D eigenvalue weighted by Crippen LogP contribution is 2.22. The van der Waals surface area contributed by atoms with Gasteiger partial charge in [-0.15, -0.1) is 12.4 Å². The van der Waals surface area contributed by atoms with E-state index in [1.165, 1.54) is 0 Å². The molecular weight excluding hydrogens is 274 g/mol. The van der Waals surface area contributed by atoms with E-state index in [9.17, 15) is 4.79 Å². The Labute approximate surface area is 123 Å². The third-order valence-electron chi connectivity index (χ3n) is 3.17. The van der Waals surface area contributed by atoms with E-state index >= 15 is 0 Å². The lowest BCUT2D eigenvalue weighted by Crippen LogP contribution is -2.12. The predicted octanol–water partition coefficient (Wildman–Crippen LogP) is 3.43. The van der Waals surface area contributed by atoms with Crippen LogP contribution in [0.3, 0.4) is 0 Å². The van der Waals surface area contributed by atoms with E-state index in [-0.39, 0.29) is 17.8 Å². The van der Waals surface area contributed by atoms with Gasteiger partial charge in [0.2, 0.25) is 5.43 Å². The molecule has 3 aromatic rings. The Kier molecular flexibility index (Phi) is 4.12. The first-order valence-electron chi connectivity index (χ1n) is 6.25. The SMILES string of the molecule is CN(C)Cc1cccc2c(=O)c3ccccc3oc12.Cl. The number of hydrogen-bond donors (Lipinski definition) is 0. The fourth-order valence-corrected chi connectivity index (χ4v) is 2.35. The molecule has 4 heteroatoms. The lowest BCUT2D eigenvalue weighted by molar-refractivity contribution is 0.401. The number of nitrogens with zero attached hydrogens (tertiary/aromatic N) is 1. The van der Waals surface area contributed by atoms with E-state index in [2.05, 4.69) is 4.90 Å². The van der Waals surface area contributed by atoms with Gasteiger partial charge in [-0.3, -0.25) is 4.79 Å². The fourth-order valence-electron chi connectivity index (χ4n) is 2.35. The van der Waals surface area contributed by atoms with Crippen LogP contribution < -0.4 is 5.43 Å². The molecule has 1 heterocycles. The van der Waals surface area contributed by atoms with Crippen molar-refractivity contribution in [2.75, 3.05) is 14.1 Å². The van der Waals surface area contributed by atoms with Crippen LogP contribution in [0.5, 0.6) is 0 Å². The maximum Gasteiger partial charge on any atom is 0.200 e. The molecule has 0 saturated heterocycles. The number of benzene rings is 2. The second kappa shape index (κ2) is 5.65. The van der Waals surface area contributed by atoms with Gasteiger partial charge >= 0.3 is 0 Å². The van der Waals surface area contributed by atoms with E-state index in [1.807, 2.05) is 50.5 Å². The monoisotopic (exact) mass is 289 g/mol. The van der Waals surface area contributed by atoms with Gasteiger partial charge in [0.1, 0.15) is 11.2 Å². The van der Waals surface area contributed by atoms with E-state index in [4.69, 9.17) is 4.42 Å². The molecule has 0 N–H and O–H groups in total.